The number of H-pyrrole nitrogens is 1. The molecule has 0 saturated heterocycles. The Morgan fingerprint density at radius 1 is 1.44 bits per heavy atom. The number of rotatable bonds is 1. The van der Waals surface area contributed by atoms with Gasteiger partial charge in [0.05, 0.1) is 11.8 Å². The van der Waals surface area contributed by atoms with Crippen LogP contribution in [0.15, 0.2) is 17.2 Å². The van der Waals surface area contributed by atoms with E-state index in [9.17, 15) is 13.6 Å². The second-order valence-electron chi connectivity index (χ2n) is 3.86. The van der Waals surface area contributed by atoms with E-state index in [1.807, 2.05) is 0 Å². The first-order chi connectivity index (χ1) is 8.58. The number of halogens is 2. The second-order valence-corrected chi connectivity index (χ2v) is 4.86. The number of nitrogens with zero attached hydrogens (tertiary/aromatic N) is 2. The minimum atomic E-state index is -2.62. The molecule has 3 aromatic heterocycles. The predicted octanol–water partition coefficient (Wildman–Crippen LogP) is 2.78. The van der Waals surface area contributed by atoms with Crippen molar-refractivity contribution in [2.45, 2.75) is 13.3 Å². The molecule has 0 fully saturated rings. The maximum absolute atomic E-state index is 12.7. The number of pyridine rings is 1. The third-order valence-corrected chi connectivity index (χ3v) is 3.74. The van der Waals surface area contributed by atoms with E-state index in [1.165, 1.54) is 12.4 Å². The molecule has 0 amide bonds. The summed E-state index contributed by atoms with van der Waals surface area (Å²) < 4.78 is 25.7. The molecule has 0 saturated carbocycles. The number of thiophene rings is 1. The molecule has 7 heteroatoms. The zero-order valence-electron chi connectivity index (χ0n) is 9.20. The third kappa shape index (κ3) is 1.51. The molecule has 0 atom stereocenters. The lowest BCUT2D eigenvalue weighted by molar-refractivity contribution is 0.146. The first-order valence-electron chi connectivity index (χ1n) is 5.13. The van der Waals surface area contributed by atoms with E-state index in [1.54, 1.807) is 6.92 Å². The highest BCUT2D eigenvalue weighted by Crippen LogP contribution is 2.33. The lowest BCUT2D eigenvalue weighted by Gasteiger charge is -2.01. The Labute approximate surface area is 103 Å². The van der Waals surface area contributed by atoms with Crippen molar-refractivity contribution in [3.8, 4) is 0 Å². The highest BCUT2D eigenvalue weighted by molar-refractivity contribution is 7.25. The van der Waals surface area contributed by atoms with E-state index in [-0.39, 0.29) is 11.3 Å². The SMILES string of the molecule is Cc1cc(C(F)F)nc2sc3c(=O)[nH]cnc3c12. The summed E-state index contributed by atoms with van der Waals surface area (Å²) in [6.07, 6.45) is -1.32. The molecule has 18 heavy (non-hydrogen) atoms. The van der Waals surface area contributed by atoms with Crippen LogP contribution in [-0.4, -0.2) is 15.0 Å². The van der Waals surface area contributed by atoms with Crippen LogP contribution in [0, 0.1) is 6.92 Å². The van der Waals surface area contributed by atoms with Crippen molar-refractivity contribution in [1.29, 1.82) is 0 Å². The first kappa shape index (κ1) is 11.2. The molecule has 4 nitrogen and oxygen atoms in total. The van der Waals surface area contributed by atoms with E-state index >= 15 is 0 Å². The normalized spacial score (nSPS) is 11.8. The van der Waals surface area contributed by atoms with Crippen molar-refractivity contribution < 1.29 is 8.78 Å². The summed E-state index contributed by atoms with van der Waals surface area (Å²) >= 11 is 1.08. The van der Waals surface area contributed by atoms with Gasteiger partial charge in [0, 0.05) is 5.39 Å². The van der Waals surface area contributed by atoms with Gasteiger partial charge in [-0.05, 0) is 18.6 Å². The van der Waals surface area contributed by atoms with Crippen LogP contribution in [0.5, 0.6) is 0 Å². The maximum atomic E-state index is 12.7. The van der Waals surface area contributed by atoms with Gasteiger partial charge in [0.25, 0.3) is 12.0 Å². The molecule has 3 rings (SSSR count). The average molecular weight is 267 g/mol. The molecule has 1 N–H and O–H groups in total. The Hall–Kier alpha value is -1.89. The van der Waals surface area contributed by atoms with Gasteiger partial charge in [-0.15, -0.1) is 11.3 Å². The average Bonchev–Trinajstić information content (AvgIpc) is 2.69. The Morgan fingerprint density at radius 3 is 2.94 bits per heavy atom. The Morgan fingerprint density at radius 2 is 2.22 bits per heavy atom. The number of aryl methyl sites for hydroxylation is 1. The lowest BCUT2D eigenvalue weighted by Crippen LogP contribution is -2.03. The number of hydrogen-bond donors (Lipinski definition) is 1. The van der Waals surface area contributed by atoms with Crippen molar-refractivity contribution >= 4 is 31.8 Å². The van der Waals surface area contributed by atoms with E-state index in [2.05, 4.69) is 15.0 Å². The van der Waals surface area contributed by atoms with E-state index in [0.717, 1.165) is 11.3 Å². The van der Waals surface area contributed by atoms with Crippen LogP contribution in [0.25, 0.3) is 20.4 Å². The van der Waals surface area contributed by atoms with Crippen LogP contribution < -0.4 is 5.56 Å². The van der Waals surface area contributed by atoms with E-state index in [0.29, 0.717) is 26.0 Å². The van der Waals surface area contributed by atoms with Crippen molar-refractivity contribution in [1.82, 2.24) is 15.0 Å². The first-order valence-corrected chi connectivity index (χ1v) is 5.95. The number of aromatic amines is 1. The standard InChI is InChI=1S/C11H7F2N3OS/c1-4-2-5(9(12)13)16-11-6(4)7-8(18-11)10(17)15-3-14-7/h2-3,9H,1H3,(H,14,15,17). The Kier molecular flexibility index (Phi) is 2.37. The van der Waals surface area contributed by atoms with Crippen LogP contribution in [0.1, 0.15) is 17.7 Å². The molecule has 0 aliphatic rings. The zero-order chi connectivity index (χ0) is 12.9. The highest BCUT2D eigenvalue weighted by Gasteiger charge is 2.16. The molecule has 0 unspecified atom stereocenters. The largest absolute Gasteiger partial charge is 0.312 e. The summed E-state index contributed by atoms with van der Waals surface area (Å²) in [5.41, 5.74) is 0.619. The summed E-state index contributed by atoms with van der Waals surface area (Å²) in [7, 11) is 0. The van der Waals surface area contributed by atoms with Gasteiger partial charge in [-0.1, -0.05) is 0 Å². The van der Waals surface area contributed by atoms with Gasteiger partial charge in [0.15, 0.2) is 0 Å². The molecule has 92 valence electrons. The highest BCUT2D eigenvalue weighted by atomic mass is 32.1. The zero-order valence-corrected chi connectivity index (χ0v) is 10.0. The summed E-state index contributed by atoms with van der Waals surface area (Å²) in [5.74, 6) is 0. The number of alkyl halides is 2. The molecular weight excluding hydrogens is 260 g/mol. The van der Waals surface area contributed by atoms with Crippen LogP contribution >= 0.6 is 11.3 Å². The molecule has 3 heterocycles. The molecule has 0 aliphatic carbocycles. The summed E-state index contributed by atoms with van der Waals surface area (Å²) in [6.45, 7) is 1.71. The van der Waals surface area contributed by atoms with Crippen LogP contribution in [0.3, 0.4) is 0 Å². The molecule has 0 aromatic carbocycles. The fraction of sp³-hybridized carbons (Fsp3) is 0.182. The van der Waals surface area contributed by atoms with Crippen molar-refractivity contribution in [2.75, 3.05) is 0 Å². The van der Waals surface area contributed by atoms with Gasteiger partial charge in [-0.2, -0.15) is 0 Å². The van der Waals surface area contributed by atoms with Gasteiger partial charge < -0.3 is 4.98 Å². The van der Waals surface area contributed by atoms with Gasteiger partial charge in [0.2, 0.25) is 0 Å². The molecule has 0 radical (unpaired) electrons. The Balaban J connectivity index is 2.50. The van der Waals surface area contributed by atoms with E-state index in [4.69, 9.17) is 0 Å². The monoisotopic (exact) mass is 267 g/mol. The van der Waals surface area contributed by atoms with E-state index < -0.39 is 6.43 Å². The minimum Gasteiger partial charge on any atom is -0.312 e. The fourth-order valence-corrected chi connectivity index (χ4v) is 3.01. The number of hydrogen-bond acceptors (Lipinski definition) is 4. The summed E-state index contributed by atoms with van der Waals surface area (Å²) in [6, 6.07) is 1.34. The lowest BCUT2D eigenvalue weighted by atomic mass is 10.1. The number of aromatic nitrogens is 3. The number of nitrogens with one attached hydrogen (secondary N) is 1. The third-order valence-electron chi connectivity index (χ3n) is 2.67. The smallest absolute Gasteiger partial charge is 0.280 e. The predicted molar refractivity (Wildman–Crippen MR) is 65.2 cm³/mol. The maximum Gasteiger partial charge on any atom is 0.280 e. The minimum absolute atomic E-state index is 0.275. The topological polar surface area (TPSA) is 58.6 Å². The molecule has 0 bridgehead atoms. The Bertz CT molecular complexity index is 809. The second kappa shape index (κ2) is 3.81. The molecule has 0 spiro atoms. The van der Waals surface area contributed by atoms with Crippen molar-refractivity contribution in [3.05, 3.63) is 34.0 Å². The van der Waals surface area contributed by atoms with Crippen LogP contribution in [0.4, 0.5) is 8.78 Å². The quantitative estimate of drug-likeness (QED) is 0.737. The molecular formula is C11H7F2N3OS. The molecule has 0 aliphatic heterocycles. The molecule has 3 aromatic rings. The summed E-state index contributed by atoms with van der Waals surface area (Å²) in [4.78, 5) is 22.5. The van der Waals surface area contributed by atoms with Gasteiger partial charge >= 0.3 is 0 Å². The van der Waals surface area contributed by atoms with Crippen LogP contribution in [0.2, 0.25) is 0 Å². The van der Waals surface area contributed by atoms with Crippen molar-refractivity contribution in [3.63, 3.8) is 0 Å². The van der Waals surface area contributed by atoms with Gasteiger partial charge in [-0.25, -0.2) is 18.7 Å². The van der Waals surface area contributed by atoms with Gasteiger partial charge in [0.1, 0.15) is 15.2 Å². The fourth-order valence-electron chi connectivity index (χ4n) is 1.90. The van der Waals surface area contributed by atoms with Crippen LogP contribution in [-0.2, 0) is 0 Å². The summed E-state index contributed by atoms with van der Waals surface area (Å²) in [5, 5.41) is 0.672. The number of fused-ring (bicyclic) bond motifs is 3. The van der Waals surface area contributed by atoms with Crippen molar-refractivity contribution in [2.24, 2.45) is 0 Å². The van der Waals surface area contributed by atoms with Gasteiger partial charge in [-0.3, -0.25) is 4.79 Å².